The first-order valence-corrected chi connectivity index (χ1v) is 13.0. The number of benzene rings is 4. The normalized spacial score (nSPS) is 12.4. The molecule has 2 heteroatoms. The van der Waals surface area contributed by atoms with Gasteiger partial charge in [0.1, 0.15) is 7.05 Å². The smallest absolute Gasteiger partial charge is 0.224 e. The zero-order valence-electron chi connectivity index (χ0n) is 21.7. The predicted octanol–water partition coefficient (Wildman–Crippen LogP) is 8.30. The molecule has 7 aromatic rings. The van der Waals surface area contributed by atoms with Crippen LogP contribution in [-0.4, -0.2) is 4.40 Å². The molecule has 0 fully saturated rings. The van der Waals surface area contributed by atoms with Gasteiger partial charge in [-0.2, -0.15) is 0 Å². The maximum Gasteiger partial charge on any atom is 0.224 e. The van der Waals surface area contributed by atoms with Gasteiger partial charge in [0.15, 0.2) is 6.20 Å². The summed E-state index contributed by atoms with van der Waals surface area (Å²) in [6, 6.07) is 27.3. The van der Waals surface area contributed by atoms with E-state index in [1.807, 2.05) is 0 Å². The minimum atomic E-state index is 0.612. The summed E-state index contributed by atoms with van der Waals surface area (Å²) in [5.41, 5.74) is 11.9. The summed E-state index contributed by atoms with van der Waals surface area (Å²) in [5.74, 6) is 0.612. The van der Waals surface area contributed by atoms with Crippen molar-refractivity contribution in [1.82, 2.24) is 4.40 Å². The van der Waals surface area contributed by atoms with Crippen molar-refractivity contribution in [2.45, 2.75) is 34.1 Å². The van der Waals surface area contributed by atoms with Gasteiger partial charge in [0.05, 0.1) is 27.3 Å². The van der Waals surface area contributed by atoms with E-state index in [2.05, 4.69) is 123 Å². The Morgan fingerprint density at radius 1 is 0.778 bits per heavy atom. The summed E-state index contributed by atoms with van der Waals surface area (Å²) in [6.07, 6.45) is 3.32. The first-order chi connectivity index (χ1) is 17.4. The van der Waals surface area contributed by atoms with Crippen molar-refractivity contribution in [2.24, 2.45) is 13.0 Å². The Morgan fingerprint density at radius 2 is 1.58 bits per heavy atom. The molecule has 2 nitrogen and oxygen atoms in total. The zero-order valence-corrected chi connectivity index (χ0v) is 21.7. The fourth-order valence-electron chi connectivity index (χ4n) is 6.36. The third kappa shape index (κ3) is 2.88. The number of aryl methyl sites for hydroxylation is 3. The van der Waals surface area contributed by atoms with Crippen molar-refractivity contribution in [3.05, 3.63) is 95.7 Å². The highest BCUT2D eigenvalue weighted by molar-refractivity contribution is 6.26. The highest BCUT2D eigenvalue weighted by Gasteiger charge is 2.25. The summed E-state index contributed by atoms with van der Waals surface area (Å²) in [7, 11) is 2.19. The summed E-state index contributed by atoms with van der Waals surface area (Å²) < 4.78 is 4.89. The van der Waals surface area contributed by atoms with E-state index in [0.29, 0.717) is 5.92 Å². The van der Waals surface area contributed by atoms with Crippen LogP contribution in [0.1, 0.15) is 30.5 Å². The van der Waals surface area contributed by atoms with Crippen LogP contribution in [0.3, 0.4) is 0 Å². The molecule has 0 amide bonds. The Kier molecular flexibility index (Phi) is 4.48. The summed E-state index contributed by atoms with van der Waals surface area (Å²) in [5, 5.41) is 6.74. The molecule has 176 valence electrons. The number of pyridine rings is 2. The summed E-state index contributed by atoms with van der Waals surface area (Å²) >= 11 is 0. The average molecular weight is 468 g/mol. The molecule has 36 heavy (non-hydrogen) atoms. The number of nitrogens with zero attached hydrogens (tertiary/aromatic N) is 2. The Bertz CT molecular complexity index is 1960. The van der Waals surface area contributed by atoms with Gasteiger partial charge in [-0.3, -0.25) is 0 Å². The Morgan fingerprint density at radius 3 is 2.36 bits per heavy atom. The van der Waals surface area contributed by atoms with Gasteiger partial charge in [0, 0.05) is 16.8 Å². The molecule has 0 bridgehead atoms. The largest absolute Gasteiger partial charge is 0.307 e. The molecule has 0 radical (unpaired) electrons. The molecule has 0 aliphatic carbocycles. The summed E-state index contributed by atoms with van der Waals surface area (Å²) in [6.45, 7) is 9.17. The summed E-state index contributed by atoms with van der Waals surface area (Å²) in [4.78, 5) is 0. The lowest BCUT2D eigenvalue weighted by Crippen LogP contribution is -2.29. The molecule has 4 aromatic carbocycles. The van der Waals surface area contributed by atoms with E-state index in [1.165, 1.54) is 76.8 Å². The SMILES string of the molecule is Cc1cc2c3ccc(-c4ccccc4)cc3n3c4cc(CC(C)C)cc5cc[n+](C)c(c(c1C)c23)c54. The molecule has 0 saturated carbocycles. The minimum Gasteiger partial charge on any atom is -0.307 e. The Labute approximate surface area is 211 Å². The maximum atomic E-state index is 2.57. The van der Waals surface area contributed by atoms with Crippen molar-refractivity contribution in [3.8, 4) is 11.1 Å². The van der Waals surface area contributed by atoms with E-state index in [4.69, 9.17) is 0 Å². The molecule has 0 aliphatic rings. The monoisotopic (exact) mass is 467 g/mol. The van der Waals surface area contributed by atoms with E-state index < -0.39 is 0 Å². The highest BCUT2D eigenvalue weighted by Crippen LogP contribution is 2.42. The molecular formula is C34H31N2+. The molecule has 3 aromatic heterocycles. The first kappa shape index (κ1) is 21.4. The lowest BCUT2D eigenvalue weighted by molar-refractivity contribution is -0.643. The van der Waals surface area contributed by atoms with Gasteiger partial charge in [0.25, 0.3) is 0 Å². The maximum absolute atomic E-state index is 2.57. The quantitative estimate of drug-likeness (QED) is 0.140. The lowest BCUT2D eigenvalue weighted by Gasteiger charge is -2.16. The second kappa shape index (κ2) is 7.54. The van der Waals surface area contributed by atoms with Crippen molar-refractivity contribution in [2.75, 3.05) is 0 Å². The van der Waals surface area contributed by atoms with Gasteiger partial charge >= 0.3 is 0 Å². The van der Waals surface area contributed by atoms with Crippen molar-refractivity contribution in [1.29, 1.82) is 0 Å². The van der Waals surface area contributed by atoms with Crippen LogP contribution in [0.5, 0.6) is 0 Å². The van der Waals surface area contributed by atoms with Crippen LogP contribution in [0.2, 0.25) is 0 Å². The standard InChI is InChI=1S/C34H31N2/c1-20(2)15-23-17-26-13-14-35(5)34-31-22(4)21(3)16-28-27-12-11-25(24-9-7-6-8-10-24)19-29(27)36(33(28)31)30(18-23)32(26)34/h6-14,16-20H,15H2,1-5H3/q+1. The molecule has 3 heterocycles. The van der Waals surface area contributed by atoms with Crippen LogP contribution < -0.4 is 4.57 Å². The van der Waals surface area contributed by atoms with Gasteiger partial charge in [0.2, 0.25) is 5.52 Å². The molecule has 0 atom stereocenters. The second-order valence-electron chi connectivity index (χ2n) is 11.0. The van der Waals surface area contributed by atoms with Gasteiger partial charge in [-0.05, 0) is 77.6 Å². The highest BCUT2D eigenvalue weighted by atomic mass is 15.0. The van der Waals surface area contributed by atoms with Crippen LogP contribution in [0.4, 0.5) is 0 Å². The number of fused-ring (bicyclic) bond motifs is 5. The molecule has 0 N–H and O–H groups in total. The first-order valence-electron chi connectivity index (χ1n) is 13.0. The van der Waals surface area contributed by atoms with Gasteiger partial charge in [-0.15, -0.1) is 0 Å². The zero-order chi connectivity index (χ0) is 24.7. The minimum absolute atomic E-state index is 0.612. The molecule has 0 saturated heterocycles. The Hall–Kier alpha value is -3.91. The molecule has 0 aliphatic heterocycles. The van der Waals surface area contributed by atoms with E-state index >= 15 is 0 Å². The van der Waals surface area contributed by atoms with Crippen molar-refractivity contribution in [3.63, 3.8) is 0 Å². The molecule has 0 unspecified atom stereocenters. The van der Waals surface area contributed by atoms with E-state index in [-0.39, 0.29) is 0 Å². The van der Waals surface area contributed by atoms with Crippen LogP contribution in [0.25, 0.3) is 60.1 Å². The second-order valence-corrected chi connectivity index (χ2v) is 11.0. The van der Waals surface area contributed by atoms with Crippen molar-refractivity contribution < 1.29 is 4.57 Å². The topological polar surface area (TPSA) is 8.29 Å². The number of hydrogen-bond acceptors (Lipinski definition) is 0. The molecule has 7 rings (SSSR count). The fraction of sp³-hybridized carbons (Fsp3) is 0.206. The van der Waals surface area contributed by atoms with Crippen LogP contribution in [0, 0.1) is 19.8 Å². The fourth-order valence-corrected chi connectivity index (χ4v) is 6.36. The average Bonchev–Trinajstić information content (AvgIpc) is 3.19. The van der Waals surface area contributed by atoms with E-state index in [0.717, 1.165) is 6.42 Å². The van der Waals surface area contributed by atoms with Gasteiger partial charge in [-0.25, -0.2) is 4.57 Å². The number of rotatable bonds is 3. The number of hydrogen-bond donors (Lipinski definition) is 0. The van der Waals surface area contributed by atoms with Crippen molar-refractivity contribution >= 4 is 49.0 Å². The third-order valence-corrected chi connectivity index (χ3v) is 8.08. The van der Waals surface area contributed by atoms with Crippen LogP contribution in [-0.2, 0) is 13.5 Å². The predicted molar refractivity (Wildman–Crippen MR) is 153 cm³/mol. The van der Waals surface area contributed by atoms with Gasteiger partial charge in [-0.1, -0.05) is 62.4 Å². The van der Waals surface area contributed by atoms with E-state index in [9.17, 15) is 0 Å². The molecular weight excluding hydrogens is 436 g/mol. The van der Waals surface area contributed by atoms with Crippen LogP contribution >= 0.6 is 0 Å². The Balaban J connectivity index is 1.77. The number of aromatic nitrogens is 2. The third-order valence-electron chi connectivity index (χ3n) is 8.08. The molecule has 0 spiro atoms. The van der Waals surface area contributed by atoms with E-state index in [1.54, 1.807) is 0 Å². The lowest BCUT2D eigenvalue weighted by atomic mass is 9.94. The van der Waals surface area contributed by atoms with Crippen LogP contribution in [0.15, 0.2) is 79.0 Å². The van der Waals surface area contributed by atoms with Gasteiger partial charge < -0.3 is 4.40 Å².